The molecule has 1 amide bonds. The monoisotopic (exact) mass is 759 g/mol. The number of thiazole rings is 1. The van der Waals surface area contributed by atoms with Crippen LogP contribution in [0.1, 0.15) is 43.5 Å². The van der Waals surface area contributed by atoms with E-state index in [4.69, 9.17) is 30.8 Å². The van der Waals surface area contributed by atoms with Gasteiger partial charge in [0, 0.05) is 23.7 Å². The summed E-state index contributed by atoms with van der Waals surface area (Å²) in [6, 6.07) is 22.2. The summed E-state index contributed by atoms with van der Waals surface area (Å²) >= 11 is 11.0. The van der Waals surface area contributed by atoms with Crippen molar-refractivity contribution in [3.8, 4) is 17.2 Å². The van der Waals surface area contributed by atoms with Gasteiger partial charge < -0.3 is 19.1 Å². The number of benzene rings is 4. The number of methoxy groups -OCH3 is 2. The van der Waals surface area contributed by atoms with E-state index in [2.05, 4.69) is 15.9 Å². The Bertz CT molecular complexity index is 2280. The number of carbonyl (C=O) groups excluding carboxylic acids is 1. The maximum Gasteiger partial charge on any atom is 0.271 e. The third kappa shape index (κ3) is 6.65. The number of aromatic nitrogens is 1. The fourth-order valence-corrected chi connectivity index (χ4v) is 7.88. The van der Waals surface area contributed by atoms with E-state index >= 15 is 0 Å². The van der Waals surface area contributed by atoms with Gasteiger partial charge in [-0.25, -0.2) is 4.99 Å². The van der Waals surface area contributed by atoms with Crippen LogP contribution < -0.4 is 29.1 Å². The topological polar surface area (TPSA) is 82.4 Å². The van der Waals surface area contributed by atoms with Crippen molar-refractivity contribution >= 4 is 61.6 Å². The smallest absolute Gasteiger partial charge is 0.271 e. The molecule has 1 aromatic heterocycles. The molecule has 1 atom stereocenters. The van der Waals surface area contributed by atoms with E-state index in [0.717, 1.165) is 27.5 Å². The number of hydrogen-bond acceptors (Lipinski definition) is 7. The number of nitrogens with zero attached hydrogens (tertiary/aromatic N) is 3. The molecule has 0 spiro atoms. The lowest BCUT2D eigenvalue weighted by Crippen LogP contribution is -2.43. The van der Waals surface area contributed by atoms with Gasteiger partial charge in [-0.1, -0.05) is 65.4 Å². The van der Waals surface area contributed by atoms with Crippen LogP contribution in [0, 0.1) is 0 Å². The molecule has 0 N–H and O–H groups in total. The number of allylic oxidation sites excluding steroid dienone is 1. The van der Waals surface area contributed by atoms with Gasteiger partial charge in [-0.2, -0.15) is 0 Å². The maximum atomic E-state index is 14.5. The van der Waals surface area contributed by atoms with Crippen LogP contribution in [0.3, 0.4) is 0 Å². The van der Waals surface area contributed by atoms with Gasteiger partial charge in [-0.05, 0) is 95.0 Å². The SMILES string of the molecule is CCN(CC)C(=O)C1=C(C)N=c2s/c(=C/c3cc(Br)c(OCc4ccc(Cl)cc4)c(OC)c3)c(=O)n2[C@@H]1c1c(OC)ccc2ccccc12. The van der Waals surface area contributed by atoms with Gasteiger partial charge in [0.2, 0.25) is 0 Å². The number of carbonyl (C=O) groups is 1. The van der Waals surface area contributed by atoms with E-state index in [1.54, 1.807) is 23.7 Å². The van der Waals surface area contributed by atoms with Crippen molar-refractivity contribution in [3.05, 3.63) is 130 Å². The molecule has 8 nitrogen and oxygen atoms in total. The van der Waals surface area contributed by atoms with Gasteiger partial charge in [0.25, 0.3) is 11.5 Å². The van der Waals surface area contributed by atoms with Crippen LogP contribution in [0.15, 0.2) is 98.3 Å². The first-order valence-corrected chi connectivity index (χ1v) is 17.8. The van der Waals surface area contributed by atoms with E-state index in [-0.39, 0.29) is 11.5 Å². The van der Waals surface area contributed by atoms with E-state index in [1.165, 1.54) is 11.3 Å². The predicted molar refractivity (Wildman–Crippen MR) is 199 cm³/mol. The normalized spacial score (nSPS) is 14.4. The standard InChI is InChI=1S/C38H35BrClN3O5S/c1-6-42(7-2)37(45)32-22(3)41-38-43(34(32)33-27-11-9-8-10-25(27)14-17-29(33)46-4)36(44)31(49-38)20-24-18-28(39)35(30(19-24)47-5)48-21-23-12-15-26(40)16-13-23/h8-20,34H,6-7,21H2,1-5H3/b31-20+/t34-/m0/s1. The first-order valence-electron chi connectivity index (χ1n) is 15.8. The number of fused-ring (bicyclic) bond motifs is 2. The second-order valence-corrected chi connectivity index (χ2v) is 13.7. The molecule has 49 heavy (non-hydrogen) atoms. The van der Waals surface area contributed by atoms with Gasteiger partial charge in [-0.15, -0.1) is 0 Å². The molecule has 4 aromatic carbocycles. The average molecular weight is 761 g/mol. The zero-order valence-corrected chi connectivity index (χ0v) is 30.9. The number of amides is 1. The molecule has 0 saturated carbocycles. The quantitative estimate of drug-likeness (QED) is 0.150. The van der Waals surface area contributed by atoms with Crippen LogP contribution in [-0.4, -0.2) is 42.7 Å². The van der Waals surface area contributed by atoms with Crippen molar-refractivity contribution in [2.24, 2.45) is 4.99 Å². The van der Waals surface area contributed by atoms with Crippen molar-refractivity contribution in [3.63, 3.8) is 0 Å². The molecule has 0 radical (unpaired) electrons. The molecule has 0 bridgehead atoms. The highest BCUT2D eigenvalue weighted by Crippen LogP contribution is 2.41. The summed E-state index contributed by atoms with van der Waals surface area (Å²) < 4.78 is 20.5. The third-order valence-electron chi connectivity index (χ3n) is 8.57. The Kier molecular flexibility index (Phi) is 10.3. The number of hydrogen-bond donors (Lipinski definition) is 0. The molecular formula is C38H35BrClN3O5S. The Morgan fingerprint density at radius 1 is 1.02 bits per heavy atom. The summed E-state index contributed by atoms with van der Waals surface area (Å²) in [6.45, 7) is 7.08. The molecular weight excluding hydrogens is 726 g/mol. The maximum absolute atomic E-state index is 14.5. The van der Waals surface area contributed by atoms with Gasteiger partial charge in [0.15, 0.2) is 16.3 Å². The fourth-order valence-electron chi connectivity index (χ4n) is 6.14. The summed E-state index contributed by atoms with van der Waals surface area (Å²) in [7, 11) is 3.18. The predicted octanol–water partition coefficient (Wildman–Crippen LogP) is 7.27. The van der Waals surface area contributed by atoms with Crippen molar-refractivity contribution in [1.82, 2.24) is 9.47 Å². The molecule has 0 fully saturated rings. The van der Waals surface area contributed by atoms with Crippen LogP contribution in [0.25, 0.3) is 16.8 Å². The zero-order chi connectivity index (χ0) is 34.8. The minimum atomic E-state index is -0.766. The Labute approximate surface area is 301 Å². The Morgan fingerprint density at radius 3 is 2.43 bits per heavy atom. The van der Waals surface area contributed by atoms with Crippen LogP contribution in [0.4, 0.5) is 0 Å². The van der Waals surface area contributed by atoms with Crippen molar-refractivity contribution in [2.45, 2.75) is 33.4 Å². The number of rotatable bonds is 10. The molecule has 0 saturated heterocycles. The van der Waals surface area contributed by atoms with Crippen LogP contribution in [-0.2, 0) is 11.4 Å². The highest BCUT2D eigenvalue weighted by atomic mass is 79.9. The van der Waals surface area contributed by atoms with E-state index in [1.807, 2.05) is 99.6 Å². The van der Waals surface area contributed by atoms with E-state index in [0.29, 0.717) is 67.0 Å². The largest absolute Gasteiger partial charge is 0.496 e. The summed E-state index contributed by atoms with van der Waals surface area (Å²) in [5, 5.41) is 2.52. The fraction of sp³-hybridized carbons (Fsp3) is 0.237. The lowest BCUT2D eigenvalue weighted by Gasteiger charge is -2.30. The molecule has 0 unspecified atom stereocenters. The van der Waals surface area contributed by atoms with E-state index in [9.17, 15) is 9.59 Å². The Hall–Kier alpha value is -4.38. The van der Waals surface area contributed by atoms with Gasteiger partial charge in [-0.3, -0.25) is 14.2 Å². The molecule has 252 valence electrons. The second-order valence-electron chi connectivity index (χ2n) is 11.4. The van der Waals surface area contributed by atoms with Crippen molar-refractivity contribution in [1.29, 1.82) is 0 Å². The molecule has 1 aliphatic heterocycles. The zero-order valence-electron chi connectivity index (χ0n) is 27.8. The van der Waals surface area contributed by atoms with Crippen molar-refractivity contribution < 1.29 is 19.0 Å². The molecule has 0 aliphatic carbocycles. The summed E-state index contributed by atoms with van der Waals surface area (Å²) in [6.07, 6.45) is 1.81. The summed E-state index contributed by atoms with van der Waals surface area (Å²) in [4.78, 5) is 35.9. The second kappa shape index (κ2) is 14.6. The van der Waals surface area contributed by atoms with Gasteiger partial charge in [0.05, 0.1) is 34.5 Å². The van der Waals surface area contributed by atoms with E-state index < -0.39 is 6.04 Å². The first-order chi connectivity index (χ1) is 23.7. The lowest BCUT2D eigenvalue weighted by molar-refractivity contribution is -0.127. The lowest BCUT2D eigenvalue weighted by atomic mass is 9.90. The molecule has 5 aromatic rings. The Balaban J connectivity index is 1.51. The first kappa shape index (κ1) is 34.5. The van der Waals surface area contributed by atoms with Crippen LogP contribution in [0.2, 0.25) is 5.02 Å². The minimum Gasteiger partial charge on any atom is -0.496 e. The summed E-state index contributed by atoms with van der Waals surface area (Å²) in [5.74, 6) is 1.46. The minimum absolute atomic E-state index is 0.164. The molecule has 1 aliphatic rings. The Morgan fingerprint density at radius 2 is 1.73 bits per heavy atom. The third-order valence-corrected chi connectivity index (χ3v) is 10.4. The highest BCUT2D eigenvalue weighted by Gasteiger charge is 2.36. The molecule has 6 rings (SSSR count). The molecule has 11 heteroatoms. The number of ether oxygens (including phenoxy) is 3. The number of halogens is 2. The van der Waals surface area contributed by atoms with Crippen molar-refractivity contribution in [2.75, 3.05) is 27.3 Å². The summed E-state index contributed by atoms with van der Waals surface area (Å²) in [5.41, 5.74) is 3.17. The van der Waals surface area contributed by atoms with Crippen LogP contribution >= 0.6 is 38.9 Å². The van der Waals surface area contributed by atoms with Gasteiger partial charge >= 0.3 is 0 Å². The van der Waals surface area contributed by atoms with Gasteiger partial charge in [0.1, 0.15) is 18.4 Å². The van der Waals surface area contributed by atoms with Crippen LogP contribution in [0.5, 0.6) is 17.2 Å². The number of likely N-dealkylation sites (N-methyl/N-ethyl adjacent to an activating group) is 1. The highest BCUT2D eigenvalue weighted by molar-refractivity contribution is 9.10. The average Bonchev–Trinajstić information content (AvgIpc) is 3.41. The molecule has 2 heterocycles.